The summed E-state index contributed by atoms with van der Waals surface area (Å²) < 4.78 is 25.9. The summed E-state index contributed by atoms with van der Waals surface area (Å²) in [7, 11) is -3.67. The van der Waals surface area contributed by atoms with E-state index in [9.17, 15) is 8.42 Å². The molecule has 0 aromatic carbocycles. The zero-order valence-electron chi connectivity index (χ0n) is 5.72. The van der Waals surface area contributed by atoms with Crippen LogP contribution in [0.5, 0.6) is 0 Å². The molecular weight excluding hydrogens is 162 g/mol. The molecule has 0 fully saturated rings. The highest BCUT2D eigenvalue weighted by atomic mass is 32.2. The summed E-state index contributed by atoms with van der Waals surface area (Å²) in [5, 5.41) is 15.6. The minimum atomic E-state index is -3.67. The van der Waals surface area contributed by atoms with Crippen molar-refractivity contribution in [1.82, 2.24) is 5.23 Å². The van der Waals surface area contributed by atoms with E-state index in [2.05, 4.69) is 0 Å². The van der Waals surface area contributed by atoms with Gasteiger partial charge in [0.2, 0.25) is 0 Å². The molecular formula is C3H11NO5S. The molecule has 0 unspecified atom stereocenters. The van der Waals surface area contributed by atoms with E-state index in [4.69, 9.17) is 15.0 Å². The Morgan fingerprint density at radius 3 is 1.50 bits per heavy atom. The Morgan fingerprint density at radius 2 is 1.50 bits per heavy atom. The van der Waals surface area contributed by atoms with Gasteiger partial charge in [0.05, 0.1) is 6.26 Å². The SMILES string of the molecule is CCN(O)O.CS(=O)(=O)O. The highest BCUT2D eigenvalue weighted by molar-refractivity contribution is 7.85. The van der Waals surface area contributed by atoms with Gasteiger partial charge < -0.3 is 0 Å². The molecule has 0 atom stereocenters. The minimum absolute atomic E-state index is 0.125. The van der Waals surface area contributed by atoms with E-state index < -0.39 is 10.1 Å². The van der Waals surface area contributed by atoms with Crippen LogP contribution >= 0.6 is 0 Å². The lowest BCUT2D eigenvalue weighted by Gasteiger charge is -1.95. The average Bonchev–Trinajstić information content (AvgIpc) is 1.61. The Morgan fingerprint density at radius 1 is 1.40 bits per heavy atom. The fraction of sp³-hybridized carbons (Fsp3) is 1.00. The maximum absolute atomic E-state index is 9.19. The molecule has 0 aromatic heterocycles. The molecule has 0 spiro atoms. The molecule has 0 rings (SSSR count). The fourth-order valence-corrected chi connectivity index (χ4v) is 0. The molecule has 3 N–H and O–H groups in total. The molecule has 0 saturated carbocycles. The first-order valence-corrected chi connectivity index (χ1v) is 4.20. The van der Waals surface area contributed by atoms with Gasteiger partial charge in [-0.05, 0) is 6.92 Å². The van der Waals surface area contributed by atoms with Crippen molar-refractivity contribution in [1.29, 1.82) is 0 Å². The zero-order valence-corrected chi connectivity index (χ0v) is 6.54. The van der Waals surface area contributed by atoms with Gasteiger partial charge in [0, 0.05) is 6.54 Å². The van der Waals surface area contributed by atoms with Gasteiger partial charge in [0.15, 0.2) is 0 Å². The van der Waals surface area contributed by atoms with Crippen molar-refractivity contribution < 1.29 is 23.4 Å². The van der Waals surface area contributed by atoms with E-state index in [0.29, 0.717) is 6.26 Å². The molecule has 6 nitrogen and oxygen atoms in total. The van der Waals surface area contributed by atoms with E-state index >= 15 is 0 Å². The second-order valence-electron chi connectivity index (χ2n) is 1.42. The molecule has 0 aliphatic heterocycles. The molecule has 64 valence electrons. The first-order chi connectivity index (χ1) is 4.27. The van der Waals surface area contributed by atoms with Gasteiger partial charge in [-0.25, -0.2) is 0 Å². The van der Waals surface area contributed by atoms with E-state index in [1.807, 2.05) is 0 Å². The third-order valence-corrected chi connectivity index (χ3v) is 0.283. The number of hydrogen-bond acceptors (Lipinski definition) is 5. The first kappa shape index (κ1) is 12.5. The summed E-state index contributed by atoms with van der Waals surface area (Å²) >= 11 is 0. The third-order valence-electron chi connectivity index (χ3n) is 0.283. The quantitative estimate of drug-likeness (QED) is 0.368. The minimum Gasteiger partial charge on any atom is -0.290 e. The van der Waals surface area contributed by atoms with Crippen LogP contribution in [0.3, 0.4) is 0 Å². The standard InChI is InChI=1S/C2H7NO2.CH4O3S/c1-2-3(4)5;1-5(2,3)4/h4-5H,2H2,1H3;1H3,(H,2,3,4). The van der Waals surface area contributed by atoms with Gasteiger partial charge in [-0.3, -0.25) is 15.0 Å². The van der Waals surface area contributed by atoms with Crippen LogP contribution in [0.1, 0.15) is 6.92 Å². The Hall–Kier alpha value is -0.210. The Balaban J connectivity index is 0. The van der Waals surface area contributed by atoms with Crippen LogP contribution in [-0.2, 0) is 10.1 Å². The van der Waals surface area contributed by atoms with Crippen LogP contribution in [0.2, 0.25) is 0 Å². The summed E-state index contributed by atoms with van der Waals surface area (Å²) in [6, 6.07) is 0. The topological polar surface area (TPSA) is 98.1 Å². The largest absolute Gasteiger partial charge is 0.290 e. The van der Waals surface area contributed by atoms with Gasteiger partial charge >= 0.3 is 0 Å². The van der Waals surface area contributed by atoms with Gasteiger partial charge in [-0.15, -0.1) is 0 Å². The maximum Gasteiger partial charge on any atom is 0.261 e. The van der Waals surface area contributed by atoms with Crippen molar-refractivity contribution in [2.45, 2.75) is 6.92 Å². The highest BCUT2D eigenvalue weighted by Crippen LogP contribution is 1.62. The Kier molecular flexibility index (Phi) is 6.94. The van der Waals surface area contributed by atoms with Crippen LogP contribution < -0.4 is 0 Å². The van der Waals surface area contributed by atoms with E-state index in [1.54, 1.807) is 6.92 Å². The molecule has 0 saturated heterocycles. The van der Waals surface area contributed by atoms with Crippen LogP contribution in [-0.4, -0.2) is 41.4 Å². The second-order valence-corrected chi connectivity index (χ2v) is 2.89. The van der Waals surface area contributed by atoms with E-state index in [1.165, 1.54) is 0 Å². The number of rotatable bonds is 1. The molecule has 0 aliphatic rings. The van der Waals surface area contributed by atoms with Crippen LogP contribution in [0.15, 0.2) is 0 Å². The van der Waals surface area contributed by atoms with Crippen LogP contribution in [0, 0.1) is 0 Å². The lowest BCUT2D eigenvalue weighted by Crippen LogP contribution is -2.10. The number of nitrogens with zero attached hydrogens (tertiary/aromatic N) is 1. The van der Waals surface area contributed by atoms with Crippen molar-refractivity contribution in [2.24, 2.45) is 0 Å². The summed E-state index contributed by atoms with van der Waals surface area (Å²) in [6.07, 6.45) is 0.715. The fourth-order valence-electron chi connectivity index (χ4n) is 0. The van der Waals surface area contributed by atoms with Gasteiger partial charge in [-0.2, -0.15) is 8.42 Å². The number of hydroxylamine groups is 2. The van der Waals surface area contributed by atoms with Gasteiger partial charge in [0.1, 0.15) is 0 Å². The van der Waals surface area contributed by atoms with Crippen LogP contribution in [0.25, 0.3) is 0 Å². The zero-order chi connectivity index (χ0) is 8.78. The van der Waals surface area contributed by atoms with Crippen molar-refractivity contribution >= 4 is 10.1 Å². The summed E-state index contributed by atoms with van der Waals surface area (Å²) in [6.45, 7) is 1.88. The molecule has 0 radical (unpaired) electrons. The van der Waals surface area contributed by atoms with Crippen molar-refractivity contribution in [3.8, 4) is 0 Å². The third kappa shape index (κ3) is 112. The normalized spacial score (nSPS) is 10.6. The van der Waals surface area contributed by atoms with E-state index in [-0.39, 0.29) is 11.8 Å². The average molecular weight is 173 g/mol. The lowest BCUT2D eigenvalue weighted by atomic mass is 10.8. The highest BCUT2D eigenvalue weighted by Gasteiger charge is 1.81. The first-order valence-electron chi connectivity index (χ1n) is 2.35. The summed E-state index contributed by atoms with van der Waals surface area (Å²) in [5.41, 5.74) is 0. The predicted molar refractivity (Wildman–Crippen MR) is 33.4 cm³/mol. The Bertz CT molecular complexity index is 142. The van der Waals surface area contributed by atoms with Gasteiger partial charge in [0.25, 0.3) is 10.1 Å². The molecule has 7 heteroatoms. The molecule has 0 bridgehead atoms. The number of hydrogen-bond donors (Lipinski definition) is 3. The second kappa shape index (κ2) is 5.57. The summed E-state index contributed by atoms with van der Waals surface area (Å²) in [4.78, 5) is 0. The van der Waals surface area contributed by atoms with Crippen molar-refractivity contribution in [2.75, 3.05) is 12.8 Å². The Labute approximate surface area is 59.4 Å². The predicted octanol–water partition coefficient (Wildman–Crippen LogP) is -0.409. The molecule has 0 heterocycles. The van der Waals surface area contributed by atoms with Crippen LogP contribution in [0.4, 0.5) is 0 Å². The molecule has 10 heavy (non-hydrogen) atoms. The summed E-state index contributed by atoms with van der Waals surface area (Å²) in [5.74, 6) is 0. The van der Waals surface area contributed by atoms with E-state index in [0.717, 1.165) is 0 Å². The monoisotopic (exact) mass is 173 g/mol. The lowest BCUT2D eigenvalue weighted by molar-refractivity contribution is -0.303. The molecule has 0 amide bonds. The van der Waals surface area contributed by atoms with Crippen molar-refractivity contribution in [3.63, 3.8) is 0 Å². The van der Waals surface area contributed by atoms with Gasteiger partial charge in [-0.1, -0.05) is 5.23 Å². The smallest absolute Gasteiger partial charge is 0.261 e. The molecule has 0 aliphatic carbocycles. The maximum atomic E-state index is 9.19. The van der Waals surface area contributed by atoms with Crippen molar-refractivity contribution in [3.05, 3.63) is 0 Å². The molecule has 0 aromatic rings.